The van der Waals surface area contributed by atoms with E-state index in [1.165, 1.54) is 23.9 Å². The Labute approximate surface area is 178 Å². The fourth-order valence-corrected chi connectivity index (χ4v) is 4.21. The maximum Gasteiger partial charge on any atom is 0.196 e. The molecule has 0 fully saturated rings. The third kappa shape index (κ3) is 4.21. The van der Waals surface area contributed by atoms with E-state index in [2.05, 4.69) is 14.8 Å². The average Bonchev–Trinajstić information content (AvgIpc) is 3.34. The van der Waals surface area contributed by atoms with Crippen LogP contribution in [0.2, 0.25) is 0 Å². The largest absolute Gasteiger partial charge is 0.344 e. The average molecular weight is 421 g/mol. The molecular weight excluding hydrogens is 399 g/mol. The Balaban J connectivity index is 1.49. The molecule has 0 radical (unpaired) electrons. The number of carbonyl (C=O) groups is 1. The molecule has 2 heterocycles. The van der Waals surface area contributed by atoms with Crippen LogP contribution in [-0.4, -0.2) is 30.9 Å². The summed E-state index contributed by atoms with van der Waals surface area (Å²) in [4.78, 5) is 12.9. The number of aryl methyl sites for hydroxylation is 1. The van der Waals surface area contributed by atoms with E-state index in [0.29, 0.717) is 17.3 Å². The topological polar surface area (TPSA) is 52.7 Å². The molecule has 5 nitrogen and oxygen atoms in total. The molecule has 4 rings (SSSR count). The Bertz CT molecular complexity index is 1170. The molecule has 0 aliphatic carbocycles. The van der Waals surface area contributed by atoms with Gasteiger partial charge in [-0.3, -0.25) is 9.36 Å². The van der Waals surface area contributed by atoms with Gasteiger partial charge in [-0.15, -0.1) is 10.2 Å². The first-order valence-corrected chi connectivity index (χ1v) is 10.5. The van der Waals surface area contributed by atoms with Crippen LogP contribution in [0.4, 0.5) is 4.39 Å². The highest BCUT2D eigenvalue weighted by Crippen LogP contribution is 2.23. The molecule has 4 aromatic rings. The quantitative estimate of drug-likeness (QED) is 0.317. The highest BCUT2D eigenvalue weighted by atomic mass is 32.2. The van der Waals surface area contributed by atoms with Crippen molar-refractivity contribution in [2.45, 2.75) is 25.5 Å². The van der Waals surface area contributed by atoms with Crippen molar-refractivity contribution in [2.24, 2.45) is 0 Å². The fraction of sp³-hybridized carbons (Fsp3) is 0.174. The summed E-state index contributed by atoms with van der Waals surface area (Å²) in [5.74, 6) is 0.0591. The van der Waals surface area contributed by atoms with Crippen molar-refractivity contribution in [3.05, 3.63) is 95.3 Å². The van der Waals surface area contributed by atoms with E-state index in [4.69, 9.17) is 0 Å². The van der Waals surface area contributed by atoms with E-state index < -0.39 is 0 Å². The van der Waals surface area contributed by atoms with Crippen molar-refractivity contribution < 1.29 is 9.18 Å². The summed E-state index contributed by atoms with van der Waals surface area (Å²) >= 11 is 1.37. The van der Waals surface area contributed by atoms with Crippen LogP contribution >= 0.6 is 11.8 Å². The zero-order chi connectivity index (χ0) is 21.1. The van der Waals surface area contributed by atoms with Gasteiger partial charge in [-0.25, -0.2) is 4.39 Å². The number of hydrogen-bond donors (Lipinski definition) is 0. The monoisotopic (exact) mass is 420 g/mol. The number of nitrogens with zero attached hydrogens (tertiary/aromatic N) is 4. The summed E-state index contributed by atoms with van der Waals surface area (Å²) in [6.07, 6.45) is 1.65. The summed E-state index contributed by atoms with van der Waals surface area (Å²) in [5.41, 5.74) is 4.55. The fourth-order valence-electron chi connectivity index (χ4n) is 3.40. The number of halogens is 1. The van der Waals surface area contributed by atoms with Crippen LogP contribution in [0, 0.1) is 19.7 Å². The lowest BCUT2D eigenvalue weighted by atomic mass is 10.2. The maximum atomic E-state index is 13.2. The highest BCUT2D eigenvalue weighted by Gasteiger charge is 2.17. The van der Waals surface area contributed by atoms with E-state index in [1.807, 2.05) is 54.8 Å². The van der Waals surface area contributed by atoms with Crippen LogP contribution in [0.15, 0.2) is 72.1 Å². The van der Waals surface area contributed by atoms with Gasteiger partial charge in [0.1, 0.15) is 12.1 Å². The molecule has 152 valence electrons. The summed E-state index contributed by atoms with van der Waals surface area (Å²) in [7, 11) is 0. The van der Waals surface area contributed by atoms with Gasteiger partial charge in [-0.1, -0.05) is 42.1 Å². The number of Topliss-reactive ketones (excluding diaryl/α,β-unsaturated/α-hetero) is 1. The molecule has 0 saturated carbocycles. The number of rotatable bonds is 7. The summed E-state index contributed by atoms with van der Waals surface area (Å²) in [6, 6.07) is 18.1. The minimum Gasteiger partial charge on any atom is -0.344 e. The predicted molar refractivity (Wildman–Crippen MR) is 116 cm³/mol. The van der Waals surface area contributed by atoms with Crippen molar-refractivity contribution in [1.29, 1.82) is 0 Å². The molecule has 0 amide bonds. The summed E-state index contributed by atoms with van der Waals surface area (Å²) < 4.78 is 17.1. The lowest BCUT2D eigenvalue weighted by molar-refractivity contribution is 0.102. The predicted octanol–water partition coefficient (Wildman–Crippen LogP) is 4.85. The van der Waals surface area contributed by atoms with Crippen molar-refractivity contribution in [3.8, 4) is 5.69 Å². The lowest BCUT2D eigenvalue weighted by Gasteiger charge is -2.10. The van der Waals surface area contributed by atoms with Crippen molar-refractivity contribution in [1.82, 2.24) is 19.3 Å². The third-order valence-corrected chi connectivity index (χ3v) is 5.95. The van der Waals surface area contributed by atoms with Gasteiger partial charge in [0.05, 0.1) is 5.75 Å². The van der Waals surface area contributed by atoms with Gasteiger partial charge in [-0.05, 0) is 49.7 Å². The molecule has 30 heavy (non-hydrogen) atoms. The van der Waals surface area contributed by atoms with Crippen LogP contribution in [0.5, 0.6) is 0 Å². The molecule has 7 heteroatoms. The molecule has 0 spiro atoms. The smallest absolute Gasteiger partial charge is 0.196 e. The second-order valence-electron chi connectivity index (χ2n) is 7.03. The standard InChI is InChI=1S/C23H21FN4OS/c1-16-12-21(17(2)27(16)13-18-8-10-19(24)11-9-18)22(29)14-30-23-26-25-15-28(23)20-6-4-3-5-7-20/h3-12,15H,13-14H2,1-2H3. The van der Waals surface area contributed by atoms with E-state index in [0.717, 1.165) is 22.6 Å². The number of carbonyl (C=O) groups excluding carboxylic acids is 1. The molecule has 0 aliphatic heterocycles. The second-order valence-corrected chi connectivity index (χ2v) is 7.97. The first-order valence-electron chi connectivity index (χ1n) is 9.55. The van der Waals surface area contributed by atoms with Gasteiger partial charge in [0, 0.05) is 29.2 Å². The van der Waals surface area contributed by atoms with Crippen LogP contribution in [0.1, 0.15) is 27.3 Å². The normalized spacial score (nSPS) is 11.0. The molecule has 0 bridgehead atoms. The zero-order valence-electron chi connectivity index (χ0n) is 16.7. The van der Waals surface area contributed by atoms with Gasteiger partial charge >= 0.3 is 0 Å². The number of hydrogen-bond acceptors (Lipinski definition) is 4. The number of benzene rings is 2. The molecule has 0 atom stereocenters. The van der Waals surface area contributed by atoms with Crippen LogP contribution in [0.25, 0.3) is 5.69 Å². The van der Waals surface area contributed by atoms with E-state index >= 15 is 0 Å². The molecule has 0 N–H and O–H groups in total. The zero-order valence-corrected chi connectivity index (χ0v) is 17.6. The van der Waals surface area contributed by atoms with Crippen molar-refractivity contribution >= 4 is 17.5 Å². The number of para-hydroxylation sites is 1. The Hall–Kier alpha value is -3.19. The van der Waals surface area contributed by atoms with Gasteiger partial charge < -0.3 is 4.57 Å². The van der Waals surface area contributed by atoms with E-state index in [1.54, 1.807) is 18.5 Å². The number of aromatic nitrogens is 4. The Morgan fingerprint density at radius 2 is 1.80 bits per heavy atom. The van der Waals surface area contributed by atoms with Gasteiger partial charge in [0.2, 0.25) is 0 Å². The number of ketones is 1. The minimum atomic E-state index is -0.254. The van der Waals surface area contributed by atoms with Crippen molar-refractivity contribution in [2.75, 3.05) is 5.75 Å². The van der Waals surface area contributed by atoms with Crippen LogP contribution < -0.4 is 0 Å². The van der Waals surface area contributed by atoms with Crippen LogP contribution in [-0.2, 0) is 6.54 Å². The third-order valence-electron chi connectivity index (χ3n) is 5.01. The molecule has 0 saturated heterocycles. The SMILES string of the molecule is Cc1cc(C(=O)CSc2nncn2-c2ccccc2)c(C)n1Cc1ccc(F)cc1. The Kier molecular flexibility index (Phi) is 5.81. The van der Waals surface area contributed by atoms with E-state index in [9.17, 15) is 9.18 Å². The Morgan fingerprint density at radius 3 is 2.53 bits per heavy atom. The summed E-state index contributed by atoms with van der Waals surface area (Å²) in [6.45, 7) is 4.52. The first kappa shape index (κ1) is 20.1. The van der Waals surface area contributed by atoms with Gasteiger partial charge in [0.15, 0.2) is 10.9 Å². The molecule has 2 aromatic carbocycles. The minimum absolute atomic E-state index is 0.0427. The van der Waals surface area contributed by atoms with E-state index in [-0.39, 0.29) is 17.4 Å². The first-order chi connectivity index (χ1) is 14.5. The maximum absolute atomic E-state index is 13.2. The Morgan fingerprint density at radius 1 is 1.07 bits per heavy atom. The molecule has 2 aromatic heterocycles. The molecule has 0 aliphatic rings. The van der Waals surface area contributed by atoms with Gasteiger partial charge in [-0.2, -0.15) is 0 Å². The lowest BCUT2D eigenvalue weighted by Crippen LogP contribution is -2.08. The molecular formula is C23H21FN4OS. The molecule has 0 unspecified atom stereocenters. The summed E-state index contributed by atoms with van der Waals surface area (Å²) in [5, 5.41) is 8.82. The van der Waals surface area contributed by atoms with Crippen molar-refractivity contribution in [3.63, 3.8) is 0 Å². The van der Waals surface area contributed by atoms with Gasteiger partial charge in [0.25, 0.3) is 0 Å². The number of thioether (sulfide) groups is 1. The van der Waals surface area contributed by atoms with Crippen LogP contribution in [0.3, 0.4) is 0 Å². The second kappa shape index (κ2) is 8.67. The highest BCUT2D eigenvalue weighted by molar-refractivity contribution is 7.99.